The Kier molecular flexibility index (Phi) is 5.60. The van der Waals surface area contributed by atoms with E-state index < -0.39 is 11.1 Å². The van der Waals surface area contributed by atoms with Gasteiger partial charge in [-0.25, -0.2) is 4.21 Å². The standard InChI is InChI=1S/C6H5ClO2S.Na.H/c7-5-2-1-3-6(4-5)10(8)9;;/h1-4H,(H,8,9);;. The molecule has 11 heavy (non-hydrogen) atoms. The van der Waals surface area contributed by atoms with Gasteiger partial charge in [-0.15, -0.1) is 0 Å². The van der Waals surface area contributed by atoms with E-state index in [0.717, 1.165) is 0 Å². The number of rotatable bonds is 1. The van der Waals surface area contributed by atoms with Gasteiger partial charge in [0.25, 0.3) is 0 Å². The SMILES string of the molecule is O=S(O)c1cccc(Cl)c1.[NaH]. The molecule has 0 radical (unpaired) electrons. The van der Waals surface area contributed by atoms with Crippen molar-refractivity contribution in [1.29, 1.82) is 0 Å². The summed E-state index contributed by atoms with van der Waals surface area (Å²) in [5.74, 6) is 0. The van der Waals surface area contributed by atoms with Crippen LogP contribution in [-0.4, -0.2) is 38.3 Å². The summed E-state index contributed by atoms with van der Waals surface area (Å²) in [6, 6.07) is 6.28. The van der Waals surface area contributed by atoms with Crippen molar-refractivity contribution in [2.45, 2.75) is 4.90 Å². The van der Waals surface area contributed by atoms with Gasteiger partial charge in [-0.05, 0) is 18.2 Å². The van der Waals surface area contributed by atoms with Crippen LogP contribution >= 0.6 is 11.6 Å². The zero-order valence-corrected chi connectivity index (χ0v) is 6.52. The molecule has 0 aliphatic heterocycles. The molecular formula is C6H6ClNaO2S. The molecule has 56 valence electrons. The molecule has 1 rings (SSSR count). The van der Waals surface area contributed by atoms with Crippen LogP contribution in [0.15, 0.2) is 29.2 Å². The van der Waals surface area contributed by atoms with Crippen molar-refractivity contribution in [3.05, 3.63) is 29.3 Å². The normalized spacial score (nSPS) is 11.8. The van der Waals surface area contributed by atoms with E-state index in [0.29, 0.717) is 9.92 Å². The Hall–Kier alpha value is 0.620. The van der Waals surface area contributed by atoms with Gasteiger partial charge in [-0.3, -0.25) is 0 Å². The molecule has 1 aromatic carbocycles. The molecule has 0 fully saturated rings. The van der Waals surface area contributed by atoms with E-state index in [1.165, 1.54) is 6.07 Å². The average molecular weight is 201 g/mol. The van der Waals surface area contributed by atoms with Crippen LogP contribution in [0.25, 0.3) is 0 Å². The molecule has 1 N–H and O–H groups in total. The molecule has 0 aromatic heterocycles. The van der Waals surface area contributed by atoms with Gasteiger partial charge in [0.2, 0.25) is 0 Å². The third-order valence-corrected chi connectivity index (χ3v) is 1.89. The molecule has 0 saturated heterocycles. The zero-order chi connectivity index (χ0) is 7.56. The maximum absolute atomic E-state index is 10.4. The van der Waals surface area contributed by atoms with Gasteiger partial charge in [0, 0.05) is 5.02 Å². The van der Waals surface area contributed by atoms with Gasteiger partial charge in [0.15, 0.2) is 11.1 Å². The number of hydrogen-bond acceptors (Lipinski definition) is 1. The van der Waals surface area contributed by atoms with Crippen molar-refractivity contribution in [3.63, 3.8) is 0 Å². The van der Waals surface area contributed by atoms with E-state index in [1.54, 1.807) is 18.2 Å². The third-order valence-electron chi connectivity index (χ3n) is 0.998. The van der Waals surface area contributed by atoms with Crippen molar-refractivity contribution < 1.29 is 8.76 Å². The van der Waals surface area contributed by atoms with E-state index in [1.807, 2.05) is 0 Å². The summed E-state index contributed by atoms with van der Waals surface area (Å²) < 4.78 is 19.0. The fourth-order valence-electron chi connectivity index (χ4n) is 0.576. The Morgan fingerprint density at radius 2 is 2.09 bits per heavy atom. The minimum absolute atomic E-state index is 0. The minimum atomic E-state index is -1.92. The molecule has 0 aliphatic carbocycles. The molecule has 0 amide bonds. The third kappa shape index (κ3) is 3.69. The number of hydrogen-bond donors (Lipinski definition) is 1. The monoisotopic (exact) mass is 200 g/mol. The molecule has 1 aromatic rings. The predicted octanol–water partition coefficient (Wildman–Crippen LogP) is 1.27. The second-order valence-corrected chi connectivity index (χ2v) is 3.11. The Balaban J connectivity index is 0.000001000. The molecule has 0 heterocycles. The molecule has 1 unspecified atom stereocenters. The van der Waals surface area contributed by atoms with Gasteiger partial charge in [0.05, 0.1) is 4.90 Å². The van der Waals surface area contributed by atoms with Crippen LogP contribution in [0.4, 0.5) is 0 Å². The second-order valence-electron chi connectivity index (χ2n) is 1.71. The summed E-state index contributed by atoms with van der Waals surface area (Å²) in [7, 11) is 0. The molecule has 0 bridgehead atoms. The first-order chi connectivity index (χ1) is 4.70. The molecule has 2 nitrogen and oxygen atoms in total. The molecule has 0 aliphatic rings. The van der Waals surface area contributed by atoms with Crippen LogP contribution in [0.1, 0.15) is 0 Å². The Labute approximate surface area is 94.5 Å². The summed E-state index contributed by atoms with van der Waals surface area (Å²) in [6.07, 6.45) is 0. The first-order valence-corrected chi connectivity index (χ1v) is 4.05. The maximum atomic E-state index is 10.4. The van der Waals surface area contributed by atoms with Gasteiger partial charge >= 0.3 is 29.6 Å². The Morgan fingerprint density at radius 1 is 1.45 bits per heavy atom. The van der Waals surface area contributed by atoms with E-state index in [-0.39, 0.29) is 29.6 Å². The quantitative estimate of drug-likeness (QED) is 0.548. The molecule has 0 spiro atoms. The van der Waals surface area contributed by atoms with E-state index in [9.17, 15) is 4.21 Å². The molecule has 0 saturated carbocycles. The van der Waals surface area contributed by atoms with Crippen LogP contribution in [0.3, 0.4) is 0 Å². The fraction of sp³-hybridized carbons (Fsp3) is 0. The van der Waals surface area contributed by atoms with Gasteiger partial charge in [-0.2, -0.15) is 0 Å². The van der Waals surface area contributed by atoms with E-state index in [2.05, 4.69) is 0 Å². The Bertz CT molecular complexity index is 267. The van der Waals surface area contributed by atoms with E-state index in [4.69, 9.17) is 16.2 Å². The summed E-state index contributed by atoms with van der Waals surface area (Å²) in [5.41, 5.74) is 0. The van der Waals surface area contributed by atoms with Gasteiger partial charge in [-0.1, -0.05) is 17.7 Å². The van der Waals surface area contributed by atoms with Crippen LogP contribution in [-0.2, 0) is 11.1 Å². The first kappa shape index (κ1) is 11.6. The van der Waals surface area contributed by atoms with Crippen molar-refractivity contribution in [3.8, 4) is 0 Å². The molecule has 1 atom stereocenters. The van der Waals surface area contributed by atoms with Crippen molar-refractivity contribution in [2.75, 3.05) is 0 Å². The zero-order valence-electron chi connectivity index (χ0n) is 4.95. The summed E-state index contributed by atoms with van der Waals surface area (Å²) in [6.45, 7) is 0. The molecule has 5 heteroatoms. The van der Waals surface area contributed by atoms with Crippen molar-refractivity contribution in [2.24, 2.45) is 0 Å². The second kappa shape index (κ2) is 5.30. The van der Waals surface area contributed by atoms with Crippen molar-refractivity contribution >= 4 is 52.2 Å². The predicted molar refractivity (Wildman–Crippen MR) is 47.6 cm³/mol. The fourth-order valence-corrected chi connectivity index (χ4v) is 1.25. The molecular weight excluding hydrogens is 195 g/mol. The van der Waals surface area contributed by atoms with Crippen LogP contribution < -0.4 is 0 Å². The van der Waals surface area contributed by atoms with Gasteiger partial charge < -0.3 is 4.55 Å². The van der Waals surface area contributed by atoms with Gasteiger partial charge in [0.1, 0.15) is 0 Å². The van der Waals surface area contributed by atoms with E-state index >= 15 is 0 Å². The summed E-state index contributed by atoms with van der Waals surface area (Å²) >= 11 is 3.62. The summed E-state index contributed by atoms with van der Waals surface area (Å²) in [5, 5.41) is 0.472. The topological polar surface area (TPSA) is 37.3 Å². The first-order valence-electron chi connectivity index (χ1n) is 2.56. The van der Waals surface area contributed by atoms with Crippen LogP contribution in [0.5, 0.6) is 0 Å². The number of halogens is 1. The average Bonchev–Trinajstić information content (AvgIpc) is 1.88. The number of benzene rings is 1. The Morgan fingerprint density at radius 3 is 2.45 bits per heavy atom. The van der Waals surface area contributed by atoms with Crippen LogP contribution in [0, 0.1) is 0 Å². The van der Waals surface area contributed by atoms with Crippen LogP contribution in [0.2, 0.25) is 5.02 Å². The summed E-state index contributed by atoms with van der Waals surface area (Å²) in [4.78, 5) is 0.326. The van der Waals surface area contributed by atoms with Crippen molar-refractivity contribution in [1.82, 2.24) is 0 Å².